The number of hydrogen-bond donors (Lipinski definition) is 1. The molecule has 0 aliphatic heterocycles. The maximum Gasteiger partial charge on any atom is 0.276 e. The highest BCUT2D eigenvalue weighted by atomic mass is 19.1. The fourth-order valence-electron chi connectivity index (χ4n) is 3.06. The predicted octanol–water partition coefficient (Wildman–Crippen LogP) is 4.17. The first kappa shape index (κ1) is 20.3. The van der Waals surface area contributed by atoms with Crippen LogP contribution in [0.25, 0.3) is 0 Å². The zero-order chi connectivity index (χ0) is 21.8. The molecule has 158 valence electrons. The van der Waals surface area contributed by atoms with Gasteiger partial charge < -0.3 is 10.1 Å². The highest BCUT2D eigenvalue weighted by Crippen LogP contribution is 2.19. The van der Waals surface area contributed by atoms with Gasteiger partial charge in [0, 0.05) is 18.0 Å². The van der Waals surface area contributed by atoms with Gasteiger partial charge in [-0.15, -0.1) is 0 Å². The fraction of sp³-hybridized carbons (Fsp3) is 0.174. The van der Waals surface area contributed by atoms with Gasteiger partial charge in [-0.3, -0.25) is 9.48 Å². The molecule has 0 spiro atoms. The number of benzene rings is 2. The Morgan fingerprint density at radius 3 is 2.81 bits per heavy atom. The maximum absolute atomic E-state index is 13.8. The third-order valence-corrected chi connectivity index (χ3v) is 4.75. The van der Waals surface area contributed by atoms with E-state index in [4.69, 9.17) is 4.74 Å². The van der Waals surface area contributed by atoms with E-state index in [1.165, 1.54) is 12.3 Å². The first-order chi connectivity index (χ1) is 15.0. The normalized spacial score (nSPS) is 10.8. The molecule has 0 unspecified atom stereocenters. The lowest BCUT2D eigenvalue weighted by Gasteiger charge is -2.09. The molecule has 4 rings (SSSR count). The molecule has 1 amide bonds. The number of carbonyl (C=O) groups excluding carboxylic acids is 1. The number of aromatic nitrogens is 4. The molecular weight excluding hydrogens is 397 g/mol. The summed E-state index contributed by atoms with van der Waals surface area (Å²) in [5.41, 5.74) is 3.42. The summed E-state index contributed by atoms with van der Waals surface area (Å²) in [7, 11) is 0. The highest BCUT2D eigenvalue weighted by Gasteiger charge is 2.12. The van der Waals surface area contributed by atoms with Crippen LogP contribution in [0.5, 0.6) is 5.75 Å². The van der Waals surface area contributed by atoms with Crippen LogP contribution < -0.4 is 10.1 Å². The second-order valence-corrected chi connectivity index (χ2v) is 7.25. The van der Waals surface area contributed by atoms with Gasteiger partial charge in [-0.25, -0.2) is 9.07 Å². The van der Waals surface area contributed by atoms with Crippen molar-refractivity contribution in [2.24, 2.45) is 0 Å². The van der Waals surface area contributed by atoms with E-state index in [9.17, 15) is 9.18 Å². The maximum atomic E-state index is 13.8. The van der Waals surface area contributed by atoms with E-state index in [1.807, 2.05) is 32.0 Å². The van der Waals surface area contributed by atoms with Gasteiger partial charge in [-0.05, 0) is 43.2 Å². The SMILES string of the molecule is Cc1ccc(C)c(OCn2ccc(C(=O)Nc3cnn(Cc4ccccc4F)c3)n2)c1. The van der Waals surface area contributed by atoms with Gasteiger partial charge in [0.25, 0.3) is 5.91 Å². The Bertz CT molecular complexity index is 1210. The zero-order valence-corrected chi connectivity index (χ0v) is 17.2. The molecule has 2 aromatic heterocycles. The minimum Gasteiger partial charge on any atom is -0.471 e. The molecule has 4 aromatic rings. The van der Waals surface area contributed by atoms with Crippen LogP contribution in [-0.2, 0) is 13.3 Å². The predicted molar refractivity (Wildman–Crippen MR) is 114 cm³/mol. The van der Waals surface area contributed by atoms with Crippen LogP contribution in [0.2, 0.25) is 0 Å². The van der Waals surface area contributed by atoms with Crippen LogP contribution in [0.4, 0.5) is 10.1 Å². The molecule has 8 heteroatoms. The molecular formula is C23H22FN5O2. The van der Waals surface area contributed by atoms with E-state index < -0.39 is 0 Å². The zero-order valence-electron chi connectivity index (χ0n) is 17.2. The molecule has 0 fully saturated rings. The molecule has 7 nitrogen and oxygen atoms in total. The molecule has 2 aromatic carbocycles. The van der Waals surface area contributed by atoms with Gasteiger partial charge in [-0.2, -0.15) is 10.2 Å². The average molecular weight is 419 g/mol. The van der Waals surface area contributed by atoms with Crippen molar-refractivity contribution in [3.05, 3.63) is 95.3 Å². The van der Waals surface area contributed by atoms with E-state index in [-0.39, 0.29) is 30.7 Å². The van der Waals surface area contributed by atoms with Crippen molar-refractivity contribution in [2.75, 3.05) is 5.32 Å². The number of amides is 1. The van der Waals surface area contributed by atoms with Crippen molar-refractivity contribution >= 4 is 11.6 Å². The van der Waals surface area contributed by atoms with Gasteiger partial charge in [-0.1, -0.05) is 30.3 Å². The van der Waals surface area contributed by atoms with Crippen molar-refractivity contribution in [1.82, 2.24) is 19.6 Å². The van der Waals surface area contributed by atoms with Crippen molar-refractivity contribution < 1.29 is 13.9 Å². The Hall–Kier alpha value is -3.94. The second-order valence-electron chi connectivity index (χ2n) is 7.25. The summed E-state index contributed by atoms with van der Waals surface area (Å²) in [5.74, 6) is 0.122. The van der Waals surface area contributed by atoms with Crippen molar-refractivity contribution in [1.29, 1.82) is 0 Å². The number of hydrogen-bond acceptors (Lipinski definition) is 4. The second kappa shape index (κ2) is 8.83. The first-order valence-electron chi connectivity index (χ1n) is 9.78. The van der Waals surface area contributed by atoms with Crippen LogP contribution in [-0.4, -0.2) is 25.5 Å². The Kier molecular flexibility index (Phi) is 5.79. The van der Waals surface area contributed by atoms with E-state index in [0.29, 0.717) is 11.3 Å². The summed E-state index contributed by atoms with van der Waals surface area (Å²) in [5, 5.41) is 11.2. The smallest absolute Gasteiger partial charge is 0.276 e. The monoisotopic (exact) mass is 419 g/mol. The van der Waals surface area contributed by atoms with Gasteiger partial charge in [0.1, 0.15) is 11.6 Å². The number of nitrogens with zero attached hydrogens (tertiary/aromatic N) is 4. The fourth-order valence-corrected chi connectivity index (χ4v) is 3.06. The molecule has 31 heavy (non-hydrogen) atoms. The summed E-state index contributed by atoms with van der Waals surface area (Å²) in [6.07, 6.45) is 4.84. The number of anilines is 1. The van der Waals surface area contributed by atoms with Crippen LogP contribution >= 0.6 is 0 Å². The minimum absolute atomic E-state index is 0.193. The lowest BCUT2D eigenvalue weighted by Crippen LogP contribution is -2.14. The summed E-state index contributed by atoms with van der Waals surface area (Å²) in [4.78, 5) is 12.5. The number of aryl methyl sites for hydroxylation is 2. The molecule has 0 radical (unpaired) electrons. The van der Waals surface area contributed by atoms with Crippen LogP contribution in [0.3, 0.4) is 0 Å². The van der Waals surface area contributed by atoms with E-state index >= 15 is 0 Å². The summed E-state index contributed by atoms with van der Waals surface area (Å²) in [6.45, 7) is 4.44. The third-order valence-electron chi connectivity index (χ3n) is 4.75. The van der Waals surface area contributed by atoms with E-state index in [1.54, 1.807) is 46.0 Å². The number of carbonyl (C=O) groups is 1. The molecule has 0 saturated carbocycles. The number of nitrogens with one attached hydrogen (secondary N) is 1. The number of rotatable bonds is 7. The third kappa shape index (κ3) is 4.98. The molecule has 2 heterocycles. The van der Waals surface area contributed by atoms with Crippen LogP contribution in [0.15, 0.2) is 67.1 Å². The summed E-state index contributed by atoms with van der Waals surface area (Å²) in [6, 6.07) is 14.1. The standard InChI is InChI=1S/C23H22FN5O2/c1-16-7-8-17(2)22(11-16)31-15-28-10-9-21(27-28)23(30)26-19-12-25-29(14-19)13-18-5-3-4-6-20(18)24/h3-12,14H,13,15H2,1-2H3,(H,26,30). The average Bonchev–Trinajstić information content (AvgIpc) is 3.40. The van der Waals surface area contributed by atoms with Gasteiger partial charge in [0.2, 0.25) is 0 Å². The topological polar surface area (TPSA) is 74.0 Å². The molecule has 0 aliphatic carbocycles. The molecule has 0 atom stereocenters. The molecule has 0 saturated heterocycles. The summed E-state index contributed by atoms with van der Waals surface area (Å²) < 4.78 is 22.7. The first-order valence-corrected chi connectivity index (χ1v) is 9.78. The van der Waals surface area contributed by atoms with E-state index in [2.05, 4.69) is 15.5 Å². The molecule has 0 bridgehead atoms. The van der Waals surface area contributed by atoms with Gasteiger partial charge in [0.15, 0.2) is 12.4 Å². The molecule has 1 N–H and O–H groups in total. The lowest BCUT2D eigenvalue weighted by molar-refractivity contribution is 0.102. The highest BCUT2D eigenvalue weighted by molar-refractivity contribution is 6.02. The van der Waals surface area contributed by atoms with Crippen LogP contribution in [0.1, 0.15) is 27.2 Å². The number of ether oxygens (including phenoxy) is 1. The van der Waals surface area contributed by atoms with Gasteiger partial charge >= 0.3 is 0 Å². The van der Waals surface area contributed by atoms with Gasteiger partial charge in [0.05, 0.1) is 18.4 Å². The Morgan fingerprint density at radius 2 is 1.97 bits per heavy atom. The van der Waals surface area contributed by atoms with Crippen molar-refractivity contribution in [2.45, 2.75) is 27.1 Å². The number of halogens is 1. The van der Waals surface area contributed by atoms with E-state index in [0.717, 1.165) is 16.9 Å². The molecule has 0 aliphatic rings. The lowest BCUT2D eigenvalue weighted by atomic mass is 10.1. The Morgan fingerprint density at radius 1 is 1.13 bits per heavy atom. The summed E-state index contributed by atoms with van der Waals surface area (Å²) >= 11 is 0. The largest absolute Gasteiger partial charge is 0.471 e. The minimum atomic E-state index is -0.365. The van der Waals surface area contributed by atoms with Crippen LogP contribution in [0, 0.1) is 19.7 Å². The quantitative estimate of drug-likeness (QED) is 0.488. The Balaban J connectivity index is 1.35. The van der Waals surface area contributed by atoms with Crippen molar-refractivity contribution in [3.8, 4) is 5.75 Å². The Labute approximate surface area is 179 Å². The van der Waals surface area contributed by atoms with Crippen molar-refractivity contribution in [3.63, 3.8) is 0 Å².